The van der Waals surface area contributed by atoms with Crippen LogP contribution in [0.15, 0.2) is 23.1 Å². The zero-order valence-corrected chi connectivity index (χ0v) is 16.2. The van der Waals surface area contributed by atoms with Gasteiger partial charge >= 0.3 is 5.97 Å². The fraction of sp³-hybridized carbons (Fsp3) is 0.389. The van der Waals surface area contributed by atoms with Crippen molar-refractivity contribution in [1.82, 2.24) is 4.90 Å². The lowest BCUT2D eigenvalue weighted by Crippen LogP contribution is -2.43. The highest BCUT2D eigenvalue weighted by Gasteiger charge is 2.40. The normalized spacial score (nSPS) is 17.0. The summed E-state index contributed by atoms with van der Waals surface area (Å²) in [5.41, 5.74) is 0.659. The lowest BCUT2D eigenvalue weighted by atomic mass is 10.1. The number of ether oxygens (including phenoxy) is 1. The summed E-state index contributed by atoms with van der Waals surface area (Å²) < 4.78 is 5.58. The lowest BCUT2D eigenvalue weighted by molar-refractivity contribution is -0.145. The highest BCUT2D eigenvalue weighted by atomic mass is 32.2. The number of hydrogen-bond acceptors (Lipinski definition) is 6. The van der Waals surface area contributed by atoms with Crippen molar-refractivity contribution < 1.29 is 24.5 Å². The maximum atomic E-state index is 12.7. The number of carbonyl (C=O) groups is 2. The van der Waals surface area contributed by atoms with Gasteiger partial charge in [-0.05, 0) is 37.1 Å². The highest BCUT2D eigenvalue weighted by Crippen LogP contribution is 2.36. The van der Waals surface area contributed by atoms with Crippen LogP contribution in [-0.2, 0) is 9.59 Å². The molecule has 0 aliphatic carbocycles. The number of carboxylic acids is 1. The van der Waals surface area contributed by atoms with Crippen molar-refractivity contribution >= 4 is 46.3 Å². The minimum atomic E-state index is -1.06. The Hall–Kier alpha value is -2.06. The number of nitrogens with zero attached hydrogens (tertiary/aromatic N) is 1. The molecular weight excluding hydrogens is 374 g/mol. The van der Waals surface area contributed by atoms with E-state index < -0.39 is 17.9 Å². The summed E-state index contributed by atoms with van der Waals surface area (Å²) in [6.45, 7) is 4.17. The van der Waals surface area contributed by atoms with Gasteiger partial charge in [-0.1, -0.05) is 49.8 Å². The molecule has 1 saturated heterocycles. The monoisotopic (exact) mass is 395 g/mol. The SMILES string of the molecule is CCCCC(C(=O)O)N1C(=O)C(=Cc2ccc(O)c(OCC)c2)SC1=S. The van der Waals surface area contributed by atoms with Gasteiger partial charge in [0.15, 0.2) is 11.5 Å². The molecule has 0 spiro atoms. The predicted molar refractivity (Wildman–Crippen MR) is 105 cm³/mol. The van der Waals surface area contributed by atoms with Gasteiger partial charge in [0.25, 0.3) is 5.91 Å². The number of thioether (sulfide) groups is 1. The zero-order valence-electron chi connectivity index (χ0n) is 14.6. The van der Waals surface area contributed by atoms with Crippen molar-refractivity contribution in [2.75, 3.05) is 6.61 Å². The lowest BCUT2D eigenvalue weighted by Gasteiger charge is -2.22. The third-order valence-corrected chi connectivity index (χ3v) is 5.16. The number of carbonyl (C=O) groups excluding carboxylic acids is 1. The molecule has 8 heteroatoms. The second-order valence-electron chi connectivity index (χ2n) is 5.71. The van der Waals surface area contributed by atoms with Crippen LogP contribution < -0.4 is 4.74 Å². The Morgan fingerprint density at radius 1 is 1.42 bits per heavy atom. The summed E-state index contributed by atoms with van der Waals surface area (Å²) in [6.07, 6.45) is 3.52. The summed E-state index contributed by atoms with van der Waals surface area (Å²) in [7, 11) is 0. The van der Waals surface area contributed by atoms with Crippen LogP contribution in [-0.4, -0.2) is 44.0 Å². The van der Waals surface area contributed by atoms with Gasteiger partial charge in [-0.25, -0.2) is 4.79 Å². The second-order valence-corrected chi connectivity index (χ2v) is 7.38. The van der Waals surface area contributed by atoms with Crippen LogP contribution >= 0.6 is 24.0 Å². The molecule has 2 rings (SSSR count). The number of aromatic hydroxyl groups is 1. The Kier molecular flexibility index (Phi) is 7.05. The van der Waals surface area contributed by atoms with E-state index >= 15 is 0 Å². The minimum Gasteiger partial charge on any atom is -0.504 e. The van der Waals surface area contributed by atoms with Gasteiger partial charge in [-0.2, -0.15) is 0 Å². The Labute approximate surface area is 161 Å². The summed E-state index contributed by atoms with van der Waals surface area (Å²) >= 11 is 6.33. The van der Waals surface area contributed by atoms with E-state index in [4.69, 9.17) is 17.0 Å². The van der Waals surface area contributed by atoms with E-state index in [2.05, 4.69) is 0 Å². The number of benzene rings is 1. The smallest absolute Gasteiger partial charge is 0.326 e. The highest BCUT2D eigenvalue weighted by molar-refractivity contribution is 8.26. The van der Waals surface area contributed by atoms with Gasteiger partial charge < -0.3 is 14.9 Å². The van der Waals surface area contributed by atoms with Crippen LogP contribution in [0.4, 0.5) is 0 Å². The van der Waals surface area contributed by atoms with Crippen LogP contribution in [0.25, 0.3) is 6.08 Å². The molecule has 1 fully saturated rings. The second kappa shape index (κ2) is 9.05. The fourth-order valence-corrected chi connectivity index (χ4v) is 3.91. The quantitative estimate of drug-likeness (QED) is 0.513. The first-order valence-corrected chi connectivity index (χ1v) is 9.57. The third-order valence-electron chi connectivity index (χ3n) is 3.83. The van der Waals surface area contributed by atoms with E-state index in [1.165, 1.54) is 11.0 Å². The Morgan fingerprint density at radius 2 is 2.15 bits per heavy atom. The van der Waals surface area contributed by atoms with Crippen LogP contribution in [0.1, 0.15) is 38.7 Å². The van der Waals surface area contributed by atoms with E-state index in [-0.39, 0.29) is 10.1 Å². The number of unbranched alkanes of at least 4 members (excludes halogenated alkanes) is 1. The van der Waals surface area contributed by atoms with Crippen molar-refractivity contribution in [3.05, 3.63) is 28.7 Å². The van der Waals surface area contributed by atoms with Crippen molar-refractivity contribution in [1.29, 1.82) is 0 Å². The van der Waals surface area contributed by atoms with Crippen molar-refractivity contribution in [3.8, 4) is 11.5 Å². The predicted octanol–water partition coefficient (Wildman–Crippen LogP) is 3.64. The van der Waals surface area contributed by atoms with Gasteiger partial charge in [-0.15, -0.1) is 0 Å². The largest absolute Gasteiger partial charge is 0.504 e. The number of rotatable bonds is 8. The molecule has 2 N–H and O–H groups in total. The number of hydrogen-bond donors (Lipinski definition) is 2. The summed E-state index contributed by atoms with van der Waals surface area (Å²) in [6, 6.07) is 3.80. The third kappa shape index (κ3) is 4.56. The van der Waals surface area contributed by atoms with Gasteiger partial charge in [0.2, 0.25) is 0 Å². The number of aliphatic carboxylic acids is 1. The summed E-state index contributed by atoms with van der Waals surface area (Å²) in [5.74, 6) is -1.13. The van der Waals surface area contributed by atoms with Crippen LogP contribution in [0.2, 0.25) is 0 Å². The molecule has 1 aliphatic rings. The van der Waals surface area contributed by atoms with Gasteiger partial charge in [-0.3, -0.25) is 9.69 Å². The molecule has 1 aliphatic heterocycles. The van der Waals surface area contributed by atoms with E-state index in [0.29, 0.717) is 35.7 Å². The standard InChI is InChI=1S/C18H21NO5S2/c1-3-5-6-12(17(22)23)19-16(21)15(26-18(19)25)10-11-7-8-13(20)14(9-11)24-4-2/h7-10,12,20H,3-6H2,1-2H3,(H,22,23). The molecule has 1 aromatic carbocycles. The molecule has 0 saturated carbocycles. The Morgan fingerprint density at radius 3 is 2.77 bits per heavy atom. The maximum Gasteiger partial charge on any atom is 0.326 e. The van der Waals surface area contributed by atoms with E-state index in [9.17, 15) is 19.8 Å². The molecule has 6 nitrogen and oxygen atoms in total. The number of phenolic OH excluding ortho intramolecular Hbond substituents is 1. The average Bonchev–Trinajstić information content (AvgIpc) is 2.86. The van der Waals surface area contributed by atoms with Crippen molar-refractivity contribution in [2.24, 2.45) is 0 Å². The molecule has 0 radical (unpaired) electrons. The first-order chi connectivity index (χ1) is 12.4. The fourth-order valence-electron chi connectivity index (χ4n) is 2.55. The molecule has 26 heavy (non-hydrogen) atoms. The number of carboxylic acid groups (broad SMARTS) is 1. The van der Waals surface area contributed by atoms with Crippen LogP contribution in [0, 0.1) is 0 Å². The average molecular weight is 396 g/mol. The number of thiocarbonyl (C=S) groups is 1. The molecule has 1 unspecified atom stereocenters. The first kappa shape index (κ1) is 20.3. The van der Waals surface area contributed by atoms with Gasteiger partial charge in [0.05, 0.1) is 11.5 Å². The molecule has 1 aromatic rings. The van der Waals surface area contributed by atoms with E-state index in [0.717, 1.165) is 18.2 Å². The summed E-state index contributed by atoms with van der Waals surface area (Å²) in [5, 5.41) is 19.2. The Balaban J connectivity index is 2.28. The molecule has 1 atom stereocenters. The Bertz CT molecular complexity index is 747. The van der Waals surface area contributed by atoms with Crippen LogP contribution in [0.3, 0.4) is 0 Å². The molecular formula is C18H21NO5S2. The molecule has 0 bridgehead atoms. The van der Waals surface area contributed by atoms with Crippen LogP contribution in [0.5, 0.6) is 11.5 Å². The summed E-state index contributed by atoms with van der Waals surface area (Å²) in [4.78, 5) is 25.8. The molecule has 1 heterocycles. The first-order valence-electron chi connectivity index (χ1n) is 8.34. The van der Waals surface area contributed by atoms with Gasteiger partial charge in [0, 0.05) is 0 Å². The molecule has 140 valence electrons. The van der Waals surface area contributed by atoms with Crippen molar-refractivity contribution in [3.63, 3.8) is 0 Å². The molecule has 1 amide bonds. The number of amides is 1. The van der Waals surface area contributed by atoms with E-state index in [1.54, 1.807) is 25.1 Å². The topological polar surface area (TPSA) is 87.1 Å². The zero-order chi connectivity index (χ0) is 19.3. The maximum absolute atomic E-state index is 12.7. The van der Waals surface area contributed by atoms with Gasteiger partial charge in [0.1, 0.15) is 10.4 Å². The number of phenols is 1. The molecule has 0 aromatic heterocycles. The van der Waals surface area contributed by atoms with Crippen molar-refractivity contribution in [2.45, 2.75) is 39.2 Å². The minimum absolute atomic E-state index is 0.0158. The van der Waals surface area contributed by atoms with E-state index in [1.807, 2.05) is 6.92 Å².